The molecule has 0 fully saturated rings. The summed E-state index contributed by atoms with van der Waals surface area (Å²) in [6.07, 6.45) is 0. The predicted octanol–water partition coefficient (Wildman–Crippen LogP) is 3.88. The molecule has 0 aromatic heterocycles. The van der Waals surface area contributed by atoms with E-state index in [9.17, 15) is 9.18 Å². The van der Waals surface area contributed by atoms with Crippen molar-refractivity contribution in [2.75, 3.05) is 0 Å². The van der Waals surface area contributed by atoms with Crippen LogP contribution in [0.4, 0.5) is 4.39 Å². The fourth-order valence-corrected chi connectivity index (χ4v) is 1.73. The molecular weight excluding hydrogens is 353 g/mol. The highest BCUT2D eigenvalue weighted by Gasteiger charge is 2.26. The van der Waals surface area contributed by atoms with E-state index in [2.05, 4.69) is 37.2 Å². The predicted molar refractivity (Wildman–Crippen MR) is 74.0 cm³/mol. The molecule has 5 heteroatoms. The van der Waals surface area contributed by atoms with Gasteiger partial charge in [-0.25, -0.2) is 4.39 Å². The zero-order valence-corrected chi connectivity index (χ0v) is 13.0. The van der Waals surface area contributed by atoms with Crippen LogP contribution in [0.15, 0.2) is 22.7 Å². The largest absolute Gasteiger partial charge is 0.346 e. The maximum atomic E-state index is 13.2. The number of hydrogen-bond acceptors (Lipinski definition) is 1. The molecule has 1 aromatic carbocycles. The minimum Gasteiger partial charge on any atom is -0.346 e. The molecule has 1 unspecified atom stereocenters. The molecule has 0 saturated heterocycles. The lowest BCUT2D eigenvalue weighted by Gasteiger charge is -2.29. The second-order valence-corrected chi connectivity index (χ2v) is 6.74. The zero-order chi connectivity index (χ0) is 13.2. The number of carbonyl (C=O) groups is 1. The van der Waals surface area contributed by atoms with Crippen LogP contribution in [0.25, 0.3) is 0 Å². The summed E-state index contributed by atoms with van der Waals surface area (Å²) in [7, 11) is 0. The highest BCUT2D eigenvalue weighted by Crippen LogP contribution is 2.19. The summed E-state index contributed by atoms with van der Waals surface area (Å²) in [5.74, 6) is -0.726. The van der Waals surface area contributed by atoms with Gasteiger partial charge in [-0.1, -0.05) is 38.8 Å². The molecule has 1 atom stereocenters. The summed E-state index contributed by atoms with van der Waals surface area (Å²) < 4.78 is 13.7. The van der Waals surface area contributed by atoms with Crippen LogP contribution in [-0.4, -0.2) is 16.3 Å². The Bertz CT molecular complexity index is 412. The zero-order valence-electron chi connectivity index (χ0n) is 9.85. The summed E-state index contributed by atoms with van der Waals surface area (Å²) in [6.45, 7) is 5.75. The highest BCUT2D eigenvalue weighted by atomic mass is 79.9. The molecule has 1 rings (SSSR count). The lowest BCUT2D eigenvalue weighted by atomic mass is 10.0. The Morgan fingerprint density at radius 2 is 2.00 bits per heavy atom. The average Bonchev–Trinajstić information content (AvgIpc) is 2.15. The third-order valence-corrected chi connectivity index (χ3v) is 4.16. The third kappa shape index (κ3) is 4.07. The minimum absolute atomic E-state index is 0.107. The number of nitrogens with one attached hydrogen (secondary N) is 1. The lowest BCUT2D eigenvalue weighted by Crippen LogP contribution is -2.48. The van der Waals surface area contributed by atoms with E-state index >= 15 is 0 Å². The Hall–Kier alpha value is -0.420. The molecule has 1 aromatic rings. The van der Waals surface area contributed by atoms with Gasteiger partial charge < -0.3 is 5.32 Å². The standard InChI is InChI=1S/C12H14Br2FNO/c1-7(13)12(2,3)16-11(17)8-4-9(14)6-10(15)5-8/h4-7H,1-3H3,(H,16,17). The van der Waals surface area contributed by atoms with E-state index in [1.54, 1.807) is 6.07 Å². The summed E-state index contributed by atoms with van der Waals surface area (Å²) >= 11 is 6.59. The molecule has 17 heavy (non-hydrogen) atoms. The average molecular weight is 367 g/mol. The van der Waals surface area contributed by atoms with Gasteiger partial charge >= 0.3 is 0 Å². The monoisotopic (exact) mass is 365 g/mol. The van der Waals surface area contributed by atoms with Crippen LogP contribution in [0.5, 0.6) is 0 Å². The fraction of sp³-hybridized carbons (Fsp3) is 0.417. The third-order valence-electron chi connectivity index (χ3n) is 2.55. The topological polar surface area (TPSA) is 29.1 Å². The summed E-state index contributed by atoms with van der Waals surface area (Å²) in [4.78, 5) is 12.1. The van der Waals surface area contributed by atoms with Crippen LogP contribution in [0, 0.1) is 5.82 Å². The molecule has 0 bridgehead atoms. The van der Waals surface area contributed by atoms with Gasteiger partial charge in [0.1, 0.15) is 5.82 Å². The van der Waals surface area contributed by atoms with Crippen LogP contribution in [-0.2, 0) is 0 Å². The van der Waals surface area contributed by atoms with Crippen LogP contribution in [0.1, 0.15) is 31.1 Å². The van der Waals surface area contributed by atoms with Gasteiger partial charge in [0.2, 0.25) is 0 Å². The van der Waals surface area contributed by atoms with Crippen LogP contribution >= 0.6 is 31.9 Å². The van der Waals surface area contributed by atoms with Crippen molar-refractivity contribution in [3.8, 4) is 0 Å². The molecule has 94 valence electrons. The minimum atomic E-state index is -0.436. The van der Waals surface area contributed by atoms with Gasteiger partial charge in [0.15, 0.2) is 0 Å². The van der Waals surface area contributed by atoms with E-state index in [0.717, 1.165) is 0 Å². The van der Waals surface area contributed by atoms with E-state index in [0.29, 0.717) is 10.0 Å². The smallest absolute Gasteiger partial charge is 0.251 e. The first-order chi connectivity index (χ1) is 7.72. The van der Waals surface area contributed by atoms with Crippen LogP contribution in [0.2, 0.25) is 0 Å². The Labute approximate surface area is 117 Å². The molecular formula is C12H14Br2FNO. The summed E-state index contributed by atoms with van der Waals surface area (Å²) in [5.41, 5.74) is -0.103. The fourth-order valence-electron chi connectivity index (χ4n) is 1.15. The van der Waals surface area contributed by atoms with Crippen molar-refractivity contribution in [3.05, 3.63) is 34.1 Å². The maximum absolute atomic E-state index is 13.2. The van der Waals surface area contributed by atoms with Gasteiger partial charge in [0, 0.05) is 20.4 Å². The second kappa shape index (κ2) is 5.48. The van der Waals surface area contributed by atoms with Crippen molar-refractivity contribution in [1.82, 2.24) is 5.32 Å². The number of benzene rings is 1. The van der Waals surface area contributed by atoms with Gasteiger partial charge in [-0.15, -0.1) is 0 Å². The first-order valence-electron chi connectivity index (χ1n) is 5.15. The first kappa shape index (κ1) is 14.6. The van der Waals surface area contributed by atoms with E-state index in [4.69, 9.17) is 0 Å². The van der Waals surface area contributed by atoms with Crippen molar-refractivity contribution in [2.24, 2.45) is 0 Å². The van der Waals surface area contributed by atoms with Gasteiger partial charge in [0.25, 0.3) is 5.91 Å². The number of amides is 1. The quantitative estimate of drug-likeness (QED) is 0.808. The van der Waals surface area contributed by atoms with E-state index in [1.807, 2.05) is 20.8 Å². The number of halogens is 3. The van der Waals surface area contributed by atoms with Gasteiger partial charge in [-0.3, -0.25) is 4.79 Å². The summed E-state index contributed by atoms with van der Waals surface area (Å²) in [5, 5.41) is 2.85. The number of rotatable bonds is 3. The molecule has 1 amide bonds. The normalized spacial score (nSPS) is 13.3. The van der Waals surface area contributed by atoms with Crippen molar-refractivity contribution in [1.29, 1.82) is 0 Å². The Kier molecular flexibility index (Phi) is 4.72. The molecule has 0 heterocycles. The first-order valence-corrected chi connectivity index (χ1v) is 6.86. The molecule has 0 aliphatic rings. The maximum Gasteiger partial charge on any atom is 0.251 e. The van der Waals surface area contributed by atoms with Gasteiger partial charge in [-0.2, -0.15) is 0 Å². The van der Waals surface area contributed by atoms with E-state index in [1.165, 1.54) is 12.1 Å². The van der Waals surface area contributed by atoms with Gasteiger partial charge in [-0.05, 0) is 32.0 Å². The van der Waals surface area contributed by atoms with Crippen molar-refractivity contribution >= 4 is 37.8 Å². The van der Waals surface area contributed by atoms with Crippen LogP contribution in [0.3, 0.4) is 0 Å². The molecule has 0 aliphatic heterocycles. The molecule has 0 aliphatic carbocycles. The second-order valence-electron chi connectivity index (χ2n) is 4.45. The Morgan fingerprint density at radius 3 is 2.47 bits per heavy atom. The lowest BCUT2D eigenvalue weighted by molar-refractivity contribution is 0.0913. The molecule has 2 nitrogen and oxygen atoms in total. The molecule has 1 N–H and O–H groups in total. The van der Waals surface area contributed by atoms with Crippen LogP contribution < -0.4 is 5.32 Å². The molecule has 0 radical (unpaired) electrons. The van der Waals surface area contributed by atoms with E-state index < -0.39 is 11.4 Å². The summed E-state index contributed by atoms with van der Waals surface area (Å²) in [6, 6.07) is 4.12. The number of alkyl halides is 1. The molecule has 0 saturated carbocycles. The van der Waals surface area contributed by atoms with Crippen molar-refractivity contribution in [3.63, 3.8) is 0 Å². The Balaban J connectivity index is 2.91. The Morgan fingerprint density at radius 1 is 1.41 bits per heavy atom. The van der Waals surface area contributed by atoms with Gasteiger partial charge in [0.05, 0.1) is 0 Å². The molecule has 0 spiro atoms. The number of hydrogen-bond donors (Lipinski definition) is 1. The van der Waals surface area contributed by atoms with Crippen molar-refractivity contribution in [2.45, 2.75) is 31.1 Å². The number of carbonyl (C=O) groups excluding carboxylic acids is 1. The highest BCUT2D eigenvalue weighted by molar-refractivity contribution is 9.10. The van der Waals surface area contributed by atoms with E-state index in [-0.39, 0.29) is 10.7 Å². The van der Waals surface area contributed by atoms with Crippen molar-refractivity contribution < 1.29 is 9.18 Å². The SMILES string of the molecule is CC(Br)C(C)(C)NC(=O)c1cc(F)cc(Br)c1.